The van der Waals surface area contributed by atoms with E-state index in [1.807, 2.05) is 41.8 Å². The normalized spacial score (nSPS) is 15.5. The molecule has 1 aliphatic rings. The van der Waals surface area contributed by atoms with Gasteiger partial charge in [0.15, 0.2) is 0 Å². The van der Waals surface area contributed by atoms with Gasteiger partial charge in [0.05, 0.1) is 24.4 Å². The standard InChI is InChI=1S/C21H23N3O3S/c1-26-16-10-8-15(9-11-16)19(14-5-2-3-6-14)21(25)22-13-18-23-20(24-27-18)17-7-4-12-28-17/h4,7-12,14,19H,2-3,5-6,13H2,1H3,(H,22,25). The Kier molecular flexibility index (Phi) is 5.71. The quantitative estimate of drug-likeness (QED) is 0.639. The minimum Gasteiger partial charge on any atom is -0.497 e. The number of benzene rings is 1. The van der Waals surface area contributed by atoms with E-state index in [1.54, 1.807) is 18.4 Å². The summed E-state index contributed by atoms with van der Waals surface area (Å²) < 4.78 is 10.5. The number of carbonyl (C=O) groups excluding carboxylic acids is 1. The van der Waals surface area contributed by atoms with Crippen LogP contribution in [-0.4, -0.2) is 23.2 Å². The van der Waals surface area contributed by atoms with Gasteiger partial charge in [-0.2, -0.15) is 4.98 Å². The fourth-order valence-corrected chi connectivity index (χ4v) is 4.49. The molecule has 0 bridgehead atoms. The van der Waals surface area contributed by atoms with Crippen molar-refractivity contribution in [2.75, 3.05) is 7.11 Å². The number of hydrogen-bond donors (Lipinski definition) is 1. The number of hydrogen-bond acceptors (Lipinski definition) is 6. The molecule has 4 rings (SSSR count). The van der Waals surface area contributed by atoms with Gasteiger partial charge in [0, 0.05) is 0 Å². The number of amides is 1. The third-order valence-corrected chi connectivity index (χ3v) is 6.12. The van der Waals surface area contributed by atoms with E-state index < -0.39 is 0 Å². The summed E-state index contributed by atoms with van der Waals surface area (Å²) in [5, 5.41) is 8.96. The van der Waals surface area contributed by atoms with Crippen molar-refractivity contribution < 1.29 is 14.1 Å². The van der Waals surface area contributed by atoms with Crippen molar-refractivity contribution in [3.05, 3.63) is 53.2 Å². The lowest BCUT2D eigenvalue weighted by Crippen LogP contribution is -2.32. The van der Waals surface area contributed by atoms with Gasteiger partial charge >= 0.3 is 0 Å². The van der Waals surface area contributed by atoms with Crippen LogP contribution in [-0.2, 0) is 11.3 Å². The van der Waals surface area contributed by atoms with Crippen LogP contribution >= 0.6 is 11.3 Å². The van der Waals surface area contributed by atoms with Crippen LogP contribution in [0.4, 0.5) is 0 Å². The molecule has 0 radical (unpaired) electrons. The zero-order chi connectivity index (χ0) is 19.3. The van der Waals surface area contributed by atoms with Crippen molar-refractivity contribution in [2.24, 2.45) is 5.92 Å². The molecule has 0 spiro atoms. The highest BCUT2D eigenvalue weighted by Gasteiger charge is 2.32. The summed E-state index contributed by atoms with van der Waals surface area (Å²) in [5.74, 6) is 1.96. The van der Waals surface area contributed by atoms with Crippen LogP contribution in [0.1, 0.15) is 43.1 Å². The SMILES string of the molecule is COc1ccc(C(C(=O)NCc2nc(-c3cccs3)no2)C2CCCC2)cc1. The first-order valence-electron chi connectivity index (χ1n) is 9.52. The maximum Gasteiger partial charge on any atom is 0.246 e. The highest BCUT2D eigenvalue weighted by Crippen LogP contribution is 2.38. The lowest BCUT2D eigenvalue weighted by Gasteiger charge is -2.23. The number of rotatable bonds is 7. The Morgan fingerprint density at radius 1 is 1.29 bits per heavy atom. The number of thiophene rings is 1. The molecule has 1 atom stereocenters. The van der Waals surface area contributed by atoms with Crippen molar-refractivity contribution in [3.8, 4) is 16.5 Å². The van der Waals surface area contributed by atoms with Crippen molar-refractivity contribution in [1.82, 2.24) is 15.5 Å². The maximum atomic E-state index is 13.1. The Balaban J connectivity index is 1.46. The highest BCUT2D eigenvalue weighted by atomic mass is 32.1. The average Bonchev–Trinajstić information content (AvgIpc) is 3.49. The van der Waals surface area contributed by atoms with E-state index in [0.717, 1.165) is 29.0 Å². The maximum absolute atomic E-state index is 13.1. The number of nitrogens with zero attached hydrogens (tertiary/aromatic N) is 2. The fourth-order valence-electron chi connectivity index (χ4n) is 3.84. The van der Waals surface area contributed by atoms with Crippen LogP contribution in [0, 0.1) is 5.92 Å². The number of carbonyl (C=O) groups is 1. The predicted octanol–water partition coefficient (Wildman–Crippen LogP) is 4.40. The van der Waals surface area contributed by atoms with E-state index in [4.69, 9.17) is 9.26 Å². The smallest absolute Gasteiger partial charge is 0.246 e. The van der Waals surface area contributed by atoms with E-state index >= 15 is 0 Å². The van der Waals surface area contributed by atoms with E-state index in [1.165, 1.54) is 12.8 Å². The third kappa shape index (κ3) is 4.09. The van der Waals surface area contributed by atoms with Crippen molar-refractivity contribution >= 4 is 17.2 Å². The Morgan fingerprint density at radius 2 is 2.07 bits per heavy atom. The van der Waals surface area contributed by atoms with Crippen LogP contribution < -0.4 is 10.1 Å². The summed E-state index contributed by atoms with van der Waals surface area (Å²) in [6.45, 7) is 0.233. The van der Waals surface area contributed by atoms with Gasteiger partial charge in [0.25, 0.3) is 0 Å². The lowest BCUT2D eigenvalue weighted by atomic mass is 9.84. The molecule has 1 N–H and O–H groups in total. The lowest BCUT2D eigenvalue weighted by molar-refractivity contribution is -0.124. The van der Waals surface area contributed by atoms with Gasteiger partial charge in [-0.1, -0.05) is 36.2 Å². The van der Waals surface area contributed by atoms with Gasteiger partial charge in [-0.3, -0.25) is 4.79 Å². The highest BCUT2D eigenvalue weighted by molar-refractivity contribution is 7.13. The molecule has 6 nitrogen and oxygen atoms in total. The summed E-state index contributed by atoms with van der Waals surface area (Å²) in [6.07, 6.45) is 4.51. The van der Waals surface area contributed by atoms with E-state index in [-0.39, 0.29) is 18.4 Å². The van der Waals surface area contributed by atoms with E-state index in [0.29, 0.717) is 17.6 Å². The monoisotopic (exact) mass is 397 g/mol. The fraction of sp³-hybridized carbons (Fsp3) is 0.381. The largest absolute Gasteiger partial charge is 0.497 e. The van der Waals surface area contributed by atoms with Crippen LogP contribution in [0.3, 0.4) is 0 Å². The molecule has 0 saturated heterocycles. The molecule has 7 heteroatoms. The molecule has 1 amide bonds. The molecular weight excluding hydrogens is 374 g/mol. The summed E-state index contributed by atoms with van der Waals surface area (Å²) in [7, 11) is 1.64. The Labute approximate surface area is 167 Å². The summed E-state index contributed by atoms with van der Waals surface area (Å²) in [4.78, 5) is 18.4. The summed E-state index contributed by atoms with van der Waals surface area (Å²) >= 11 is 1.55. The van der Waals surface area contributed by atoms with Gasteiger partial charge < -0.3 is 14.6 Å². The number of ether oxygens (including phenoxy) is 1. The van der Waals surface area contributed by atoms with Crippen molar-refractivity contribution in [1.29, 1.82) is 0 Å². The Bertz CT molecular complexity index is 899. The minimum atomic E-state index is -0.173. The molecule has 0 aliphatic heterocycles. The van der Waals surface area contributed by atoms with Crippen molar-refractivity contribution in [2.45, 2.75) is 38.1 Å². The first-order chi connectivity index (χ1) is 13.7. The zero-order valence-corrected chi connectivity index (χ0v) is 16.6. The molecular formula is C21H23N3O3S. The molecule has 2 aromatic heterocycles. The first-order valence-corrected chi connectivity index (χ1v) is 10.4. The zero-order valence-electron chi connectivity index (χ0n) is 15.8. The molecule has 1 saturated carbocycles. The minimum absolute atomic E-state index is 0.00735. The van der Waals surface area contributed by atoms with E-state index in [9.17, 15) is 4.79 Å². The summed E-state index contributed by atoms with van der Waals surface area (Å²) in [5.41, 5.74) is 1.02. The molecule has 1 aromatic carbocycles. The van der Waals surface area contributed by atoms with Crippen LogP contribution in [0.15, 0.2) is 46.3 Å². The van der Waals surface area contributed by atoms with Crippen LogP contribution in [0.5, 0.6) is 5.75 Å². The molecule has 1 aliphatic carbocycles. The molecule has 28 heavy (non-hydrogen) atoms. The third-order valence-electron chi connectivity index (χ3n) is 5.25. The molecule has 146 valence electrons. The van der Waals surface area contributed by atoms with Crippen molar-refractivity contribution in [3.63, 3.8) is 0 Å². The number of nitrogens with one attached hydrogen (secondary N) is 1. The summed E-state index contributed by atoms with van der Waals surface area (Å²) in [6, 6.07) is 11.7. The first kappa shape index (κ1) is 18.7. The van der Waals surface area contributed by atoms with Gasteiger partial charge in [0.1, 0.15) is 5.75 Å². The second-order valence-corrected chi connectivity index (χ2v) is 7.95. The van der Waals surface area contributed by atoms with E-state index in [2.05, 4.69) is 15.5 Å². The number of methoxy groups -OCH3 is 1. The second kappa shape index (κ2) is 8.56. The molecule has 3 aromatic rings. The van der Waals surface area contributed by atoms with Gasteiger partial charge in [-0.25, -0.2) is 0 Å². The average molecular weight is 398 g/mol. The molecule has 1 fully saturated rings. The topological polar surface area (TPSA) is 77.2 Å². The van der Waals surface area contributed by atoms with Crippen LogP contribution in [0.2, 0.25) is 0 Å². The van der Waals surface area contributed by atoms with Gasteiger partial charge in [-0.05, 0) is 47.9 Å². The second-order valence-electron chi connectivity index (χ2n) is 7.00. The number of aromatic nitrogens is 2. The molecule has 1 unspecified atom stereocenters. The van der Waals surface area contributed by atoms with Crippen LogP contribution in [0.25, 0.3) is 10.7 Å². The van der Waals surface area contributed by atoms with Gasteiger partial charge in [-0.15, -0.1) is 11.3 Å². The molecule has 2 heterocycles. The van der Waals surface area contributed by atoms with Gasteiger partial charge in [0.2, 0.25) is 17.6 Å². The Hall–Kier alpha value is -2.67. The predicted molar refractivity (Wildman–Crippen MR) is 107 cm³/mol. The Morgan fingerprint density at radius 3 is 2.75 bits per heavy atom.